The van der Waals surface area contributed by atoms with Crippen LogP contribution in [0.15, 0.2) is 18.2 Å². The molecule has 2 nitrogen and oxygen atoms in total. The number of carboxylic acids is 1. The van der Waals surface area contributed by atoms with Crippen molar-refractivity contribution in [1.82, 2.24) is 0 Å². The molecule has 2 unspecified atom stereocenters. The molecule has 1 aliphatic rings. The van der Waals surface area contributed by atoms with Crippen LogP contribution in [0.5, 0.6) is 0 Å². The fourth-order valence-electron chi connectivity index (χ4n) is 1.97. The first-order chi connectivity index (χ1) is 7.09. The second kappa shape index (κ2) is 3.81. The van der Waals surface area contributed by atoms with Crippen molar-refractivity contribution < 1.29 is 14.3 Å². The van der Waals surface area contributed by atoms with Gasteiger partial charge in [-0.3, -0.25) is 4.79 Å². The molecule has 0 aliphatic heterocycles. The van der Waals surface area contributed by atoms with Gasteiger partial charge in [-0.05, 0) is 42.5 Å². The van der Waals surface area contributed by atoms with Gasteiger partial charge in [0.05, 0.1) is 5.92 Å². The fraction of sp³-hybridized carbons (Fsp3) is 0.364. The number of rotatable bonds is 2. The van der Waals surface area contributed by atoms with Gasteiger partial charge in [0.15, 0.2) is 0 Å². The summed E-state index contributed by atoms with van der Waals surface area (Å²) in [5, 5.41) is 9.34. The third kappa shape index (κ3) is 1.84. The highest BCUT2D eigenvalue weighted by atomic mass is 35.5. The number of hydrogen-bond donors (Lipinski definition) is 1. The normalized spacial score (nSPS) is 24.7. The van der Waals surface area contributed by atoms with E-state index in [9.17, 15) is 9.18 Å². The maximum atomic E-state index is 13.0. The number of benzene rings is 1. The van der Waals surface area contributed by atoms with Crippen molar-refractivity contribution in [3.63, 3.8) is 0 Å². The molecule has 15 heavy (non-hydrogen) atoms. The topological polar surface area (TPSA) is 37.3 Å². The molecule has 1 N–H and O–H groups in total. The van der Waals surface area contributed by atoms with Crippen LogP contribution in [0.2, 0.25) is 5.02 Å². The van der Waals surface area contributed by atoms with Gasteiger partial charge >= 0.3 is 5.97 Å². The van der Waals surface area contributed by atoms with E-state index in [1.807, 2.05) is 0 Å². The van der Waals surface area contributed by atoms with E-state index in [0.29, 0.717) is 17.0 Å². The molecule has 0 spiro atoms. The average molecular weight is 229 g/mol. The SMILES string of the molecule is O=C(O)C1CCC1c1cc(F)ccc1Cl. The second-order valence-electron chi connectivity index (χ2n) is 3.79. The summed E-state index contributed by atoms with van der Waals surface area (Å²) in [7, 11) is 0. The van der Waals surface area contributed by atoms with Gasteiger partial charge in [-0.1, -0.05) is 11.6 Å². The molecule has 2 rings (SSSR count). The number of halogens is 2. The van der Waals surface area contributed by atoms with Crippen molar-refractivity contribution in [3.05, 3.63) is 34.6 Å². The third-order valence-electron chi connectivity index (χ3n) is 2.95. The Morgan fingerprint density at radius 2 is 2.20 bits per heavy atom. The molecule has 0 radical (unpaired) electrons. The minimum atomic E-state index is -0.827. The summed E-state index contributed by atoms with van der Waals surface area (Å²) in [5.41, 5.74) is 0.621. The monoisotopic (exact) mass is 228 g/mol. The highest BCUT2D eigenvalue weighted by Crippen LogP contribution is 2.45. The molecule has 2 atom stereocenters. The van der Waals surface area contributed by atoms with Crippen LogP contribution in [-0.4, -0.2) is 11.1 Å². The van der Waals surface area contributed by atoms with E-state index in [1.54, 1.807) is 0 Å². The molecule has 1 aliphatic carbocycles. The molecule has 1 aromatic rings. The first kappa shape index (κ1) is 10.4. The summed E-state index contributed by atoms with van der Waals surface area (Å²) in [6.45, 7) is 0. The van der Waals surface area contributed by atoms with E-state index in [1.165, 1.54) is 18.2 Å². The van der Waals surface area contributed by atoms with E-state index in [4.69, 9.17) is 16.7 Å². The largest absolute Gasteiger partial charge is 0.481 e. The molecule has 4 heteroatoms. The number of carbonyl (C=O) groups is 1. The lowest BCUT2D eigenvalue weighted by Gasteiger charge is -2.34. The number of hydrogen-bond acceptors (Lipinski definition) is 1. The maximum Gasteiger partial charge on any atom is 0.307 e. The summed E-state index contributed by atoms with van der Waals surface area (Å²) in [6.07, 6.45) is 1.41. The zero-order chi connectivity index (χ0) is 11.0. The molecule has 80 valence electrons. The molecule has 0 bridgehead atoms. The third-order valence-corrected chi connectivity index (χ3v) is 3.29. The minimum absolute atomic E-state index is 0.134. The van der Waals surface area contributed by atoms with Gasteiger partial charge in [-0.15, -0.1) is 0 Å². The van der Waals surface area contributed by atoms with Crippen LogP contribution in [0.1, 0.15) is 24.3 Å². The fourth-order valence-corrected chi connectivity index (χ4v) is 2.22. The Morgan fingerprint density at radius 3 is 2.73 bits per heavy atom. The van der Waals surface area contributed by atoms with Crippen LogP contribution in [0.3, 0.4) is 0 Å². The highest BCUT2D eigenvalue weighted by Gasteiger charge is 2.38. The lowest BCUT2D eigenvalue weighted by Crippen LogP contribution is -2.31. The number of aliphatic carboxylic acids is 1. The van der Waals surface area contributed by atoms with Crippen molar-refractivity contribution in [2.24, 2.45) is 5.92 Å². The Bertz CT molecular complexity index is 406. The molecule has 0 heterocycles. The quantitative estimate of drug-likeness (QED) is 0.845. The Kier molecular flexibility index (Phi) is 2.65. The van der Waals surface area contributed by atoms with Gasteiger partial charge < -0.3 is 5.11 Å². The Morgan fingerprint density at radius 1 is 1.47 bits per heavy atom. The van der Waals surface area contributed by atoms with Crippen LogP contribution in [0.4, 0.5) is 4.39 Å². The predicted octanol–water partition coefficient (Wildman–Crippen LogP) is 3.06. The van der Waals surface area contributed by atoms with Crippen LogP contribution >= 0.6 is 11.6 Å². The van der Waals surface area contributed by atoms with Crippen molar-refractivity contribution in [2.45, 2.75) is 18.8 Å². The van der Waals surface area contributed by atoms with E-state index >= 15 is 0 Å². The summed E-state index contributed by atoms with van der Waals surface area (Å²) in [4.78, 5) is 10.8. The molecule has 1 fully saturated rings. The zero-order valence-electron chi connectivity index (χ0n) is 7.91. The van der Waals surface area contributed by atoms with Crippen LogP contribution in [-0.2, 0) is 4.79 Å². The molecule has 0 saturated heterocycles. The van der Waals surface area contributed by atoms with Gasteiger partial charge in [-0.25, -0.2) is 4.39 Å². The van der Waals surface area contributed by atoms with Crippen LogP contribution in [0, 0.1) is 11.7 Å². The summed E-state index contributed by atoms with van der Waals surface area (Å²) < 4.78 is 13.0. The molecule has 0 aromatic heterocycles. The van der Waals surface area contributed by atoms with Gasteiger partial charge in [-0.2, -0.15) is 0 Å². The molecule has 0 amide bonds. The zero-order valence-corrected chi connectivity index (χ0v) is 8.67. The van der Waals surface area contributed by atoms with Gasteiger partial charge in [0.1, 0.15) is 5.82 Å². The van der Waals surface area contributed by atoms with Gasteiger partial charge in [0.25, 0.3) is 0 Å². The summed E-state index contributed by atoms with van der Waals surface area (Å²) >= 11 is 5.91. The van der Waals surface area contributed by atoms with E-state index in [-0.39, 0.29) is 11.7 Å². The van der Waals surface area contributed by atoms with Crippen molar-refractivity contribution >= 4 is 17.6 Å². The molecule has 1 saturated carbocycles. The maximum absolute atomic E-state index is 13.0. The Labute approximate surface area is 91.7 Å². The number of carboxylic acid groups (broad SMARTS) is 1. The van der Waals surface area contributed by atoms with E-state index < -0.39 is 11.9 Å². The molecular weight excluding hydrogens is 219 g/mol. The van der Waals surface area contributed by atoms with E-state index in [0.717, 1.165) is 6.42 Å². The average Bonchev–Trinajstić information content (AvgIpc) is 2.08. The Hall–Kier alpha value is -1.09. The minimum Gasteiger partial charge on any atom is -0.481 e. The lowest BCUT2D eigenvalue weighted by atomic mass is 9.70. The van der Waals surface area contributed by atoms with Crippen LogP contribution < -0.4 is 0 Å². The van der Waals surface area contributed by atoms with Crippen LogP contribution in [0.25, 0.3) is 0 Å². The van der Waals surface area contributed by atoms with E-state index in [2.05, 4.69) is 0 Å². The standard InChI is InChI=1S/C11H10ClFO2/c12-10-4-1-6(13)5-9(10)7-2-3-8(7)11(14)15/h1,4-5,7-8H,2-3H2,(H,14,15). The Balaban J connectivity index is 2.30. The summed E-state index contributed by atoms with van der Waals surface area (Å²) in [6, 6.07) is 4.09. The van der Waals surface area contributed by atoms with Crippen molar-refractivity contribution in [3.8, 4) is 0 Å². The second-order valence-corrected chi connectivity index (χ2v) is 4.20. The first-order valence-electron chi connectivity index (χ1n) is 4.77. The van der Waals surface area contributed by atoms with Gasteiger partial charge in [0.2, 0.25) is 0 Å². The molecule has 1 aromatic carbocycles. The van der Waals surface area contributed by atoms with Crippen molar-refractivity contribution in [1.29, 1.82) is 0 Å². The molecular formula is C11H10ClFO2. The smallest absolute Gasteiger partial charge is 0.307 e. The lowest BCUT2D eigenvalue weighted by molar-refractivity contribution is -0.145. The van der Waals surface area contributed by atoms with Crippen molar-refractivity contribution in [2.75, 3.05) is 0 Å². The highest BCUT2D eigenvalue weighted by molar-refractivity contribution is 6.31. The summed E-state index contributed by atoms with van der Waals surface area (Å²) in [5.74, 6) is -1.74. The van der Waals surface area contributed by atoms with Gasteiger partial charge in [0, 0.05) is 5.02 Å². The first-order valence-corrected chi connectivity index (χ1v) is 5.15. The predicted molar refractivity (Wildman–Crippen MR) is 54.5 cm³/mol.